The molecule has 4 nitrogen and oxygen atoms in total. The smallest absolute Gasteiger partial charge is 0.118 e. The van der Waals surface area contributed by atoms with Gasteiger partial charge in [0.2, 0.25) is 0 Å². The zero-order chi connectivity index (χ0) is 19.6. The minimum Gasteiger partial charge on any atom is -0.497 e. The van der Waals surface area contributed by atoms with Crippen molar-refractivity contribution in [2.45, 2.75) is 26.2 Å². The van der Waals surface area contributed by atoms with Crippen LogP contribution in [-0.2, 0) is 26.2 Å². The molecule has 3 aromatic carbocycles. The summed E-state index contributed by atoms with van der Waals surface area (Å²) in [6, 6.07) is 25.1. The standard InChI is InChI=1S/C24H28N2O2/c1-27-23-11-7-21(8-12-23)17-25-15-19-3-5-20(6-4-19)16-26-18-22-9-13-24(28-2)14-10-22/h3-14,25-26H,15-18H2,1-2H3. The first-order chi connectivity index (χ1) is 13.8. The average Bonchev–Trinajstić information content (AvgIpc) is 2.76. The zero-order valence-electron chi connectivity index (χ0n) is 16.6. The van der Waals surface area contributed by atoms with Crippen LogP contribution in [0, 0.1) is 0 Å². The van der Waals surface area contributed by atoms with Gasteiger partial charge in [-0.25, -0.2) is 0 Å². The zero-order valence-corrected chi connectivity index (χ0v) is 16.6. The summed E-state index contributed by atoms with van der Waals surface area (Å²) in [5, 5.41) is 6.96. The minimum absolute atomic E-state index is 0.842. The van der Waals surface area contributed by atoms with E-state index in [2.05, 4.69) is 59.2 Å². The van der Waals surface area contributed by atoms with Gasteiger partial charge in [-0.15, -0.1) is 0 Å². The Bertz CT molecular complexity index is 755. The fraction of sp³-hybridized carbons (Fsp3) is 0.250. The van der Waals surface area contributed by atoms with Gasteiger partial charge >= 0.3 is 0 Å². The Morgan fingerprint density at radius 3 is 0.964 bits per heavy atom. The van der Waals surface area contributed by atoms with Crippen molar-refractivity contribution < 1.29 is 9.47 Å². The predicted octanol–water partition coefficient (Wildman–Crippen LogP) is 4.28. The lowest BCUT2D eigenvalue weighted by atomic mass is 10.1. The van der Waals surface area contributed by atoms with E-state index >= 15 is 0 Å². The lowest BCUT2D eigenvalue weighted by Gasteiger charge is -2.09. The molecule has 0 aliphatic carbocycles. The van der Waals surface area contributed by atoms with Gasteiger partial charge < -0.3 is 20.1 Å². The maximum Gasteiger partial charge on any atom is 0.118 e. The Morgan fingerprint density at radius 2 is 0.714 bits per heavy atom. The van der Waals surface area contributed by atoms with Crippen LogP contribution in [0.4, 0.5) is 0 Å². The van der Waals surface area contributed by atoms with Gasteiger partial charge in [0.15, 0.2) is 0 Å². The van der Waals surface area contributed by atoms with E-state index in [1.54, 1.807) is 14.2 Å². The van der Waals surface area contributed by atoms with E-state index in [1.807, 2.05) is 24.3 Å². The molecule has 28 heavy (non-hydrogen) atoms. The number of hydrogen-bond acceptors (Lipinski definition) is 4. The van der Waals surface area contributed by atoms with Gasteiger partial charge in [0, 0.05) is 26.2 Å². The van der Waals surface area contributed by atoms with Crippen molar-refractivity contribution in [3.63, 3.8) is 0 Å². The second-order valence-electron chi connectivity index (χ2n) is 6.72. The van der Waals surface area contributed by atoms with E-state index in [0.29, 0.717) is 0 Å². The lowest BCUT2D eigenvalue weighted by Crippen LogP contribution is -2.14. The molecule has 0 amide bonds. The van der Waals surface area contributed by atoms with Crippen LogP contribution in [0.3, 0.4) is 0 Å². The molecule has 146 valence electrons. The molecule has 0 radical (unpaired) electrons. The number of methoxy groups -OCH3 is 2. The highest BCUT2D eigenvalue weighted by atomic mass is 16.5. The highest BCUT2D eigenvalue weighted by molar-refractivity contribution is 5.28. The molecular formula is C24H28N2O2. The third-order valence-electron chi connectivity index (χ3n) is 4.66. The highest BCUT2D eigenvalue weighted by Gasteiger charge is 1.99. The second-order valence-corrected chi connectivity index (χ2v) is 6.72. The number of hydrogen-bond donors (Lipinski definition) is 2. The van der Waals surface area contributed by atoms with Crippen molar-refractivity contribution in [3.8, 4) is 11.5 Å². The first-order valence-electron chi connectivity index (χ1n) is 9.52. The molecule has 3 aromatic rings. The van der Waals surface area contributed by atoms with Crippen LogP contribution in [0.1, 0.15) is 22.3 Å². The Hall–Kier alpha value is -2.82. The van der Waals surface area contributed by atoms with Gasteiger partial charge in [0.05, 0.1) is 14.2 Å². The maximum atomic E-state index is 5.19. The molecule has 0 atom stereocenters. The molecule has 0 unspecified atom stereocenters. The van der Waals surface area contributed by atoms with Crippen LogP contribution >= 0.6 is 0 Å². The maximum absolute atomic E-state index is 5.19. The normalized spacial score (nSPS) is 10.6. The summed E-state index contributed by atoms with van der Waals surface area (Å²) in [4.78, 5) is 0. The molecular weight excluding hydrogens is 348 g/mol. The molecule has 0 saturated carbocycles. The van der Waals surface area contributed by atoms with E-state index in [-0.39, 0.29) is 0 Å². The molecule has 4 heteroatoms. The summed E-state index contributed by atoms with van der Waals surface area (Å²) in [6.07, 6.45) is 0. The topological polar surface area (TPSA) is 42.5 Å². The van der Waals surface area contributed by atoms with E-state index in [9.17, 15) is 0 Å². The van der Waals surface area contributed by atoms with E-state index in [4.69, 9.17) is 9.47 Å². The van der Waals surface area contributed by atoms with Gasteiger partial charge in [-0.1, -0.05) is 48.5 Å². The van der Waals surface area contributed by atoms with Crippen LogP contribution in [0.15, 0.2) is 72.8 Å². The SMILES string of the molecule is COc1ccc(CNCc2ccc(CNCc3ccc(OC)cc3)cc2)cc1. The molecule has 0 aliphatic heterocycles. The van der Waals surface area contributed by atoms with Crippen LogP contribution in [0.2, 0.25) is 0 Å². The van der Waals surface area contributed by atoms with Crippen LogP contribution < -0.4 is 20.1 Å². The number of nitrogens with one attached hydrogen (secondary N) is 2. The van der Waals surface area contributed by atoms with E-state index in [0.717, 1.165) is 37.7 Å². The summed E-state index contributed by atoms with van der Waals surface area (Å²) < 4.78 is 10.4. The van der Waals surface area contributed by atoms with Crippen molar-refractivity contribution >= 4 is 0 Å². The molecule has 3 rings (SSSR count). The van der Waals surface area contributed by atoms with Gasteiger partial charge in [-0.3, -0.25) is 0 Å². The van der Waals surface area contributed by atoms with Gasteiger partial charge in [0.1, 0.15) is 11.5 Å². The molecule has 0 saturated heterocycles. The van der Waals surface area contributed by atoms with Gasteiger partial charge in [0.25, 0.3) is 0 Å². The van der Waals surface area contributed by atoms with Crippen molar-refractivity contribution in [2.75, 3.05) is 14.2 Å². The predicted molar refractivity (Wildman–Crippen MR) is 114 cm³/mol. The van der Waals surface area contributed by atoms with Crippen molar-refractivity contribution in [3.05, 3.63) is 95.1 Å². The Balaban J connectivity index is 1.38. The number of rotatable bonds is 10. The van der Waals surface area contributed by atoms with Crippen LogP contribution in [0.5, 0.6) is 11.5 Å². The van der Waals surface area contributed by atoms with E-state index in [1.165, 1.54) is 22.3 Å². The van der Waals surface area contributed by atoms with Crippen LogP contribution in [-0.4, -0.2) is 14.2 Å². The monoisotopic (exact) mass is 376 g/mol. The molecule has 0 aromatic heterocycles. The number of benzene rings is 3. The fourth-order valence-corrected chi connectivity index (χ4v) is 2.96. The Kier molecular flexibility index (Phi) is 7.47. The largest absolute Gasteiger partial charge is 0.497 e. The first-order valence-corrected chi connectivity index (χ1v) is 9.52. The van der Waals surface area contributed by atoms with Crippen LogP contribution in [0.25, 0.3) is 0 Å². The summed E-state index contributed by atoms with van der Waals surface area (Å²) >= 11 is 0. The van der Waals surface area contributed by atoms with Crippen molar-refractivity contribution in [1.29, 1.82) is 0 Å². The molecule has 2 N–H and O–H groups in total. The Labute approximate surface area is 167 Å². The highest BCUT2D eigenvalue weighted by Crippen LogP contribution is 2.12. The minimum atomic E-state index is 0.842. The molecule has 0 heterocycles. The quantitative estimate of drug-likeness (QED) is 0.554. The summed E-state index contributed by atoms with van der Waals surface area (Å²) in [7, 11) is 3.37. The average molecular weight is 377 g/mol. The lowest BCUT2D eigenvalue weighted by molar-refractivity contribution is 0.414. The van der Waals surface area contributed by atoms with Crippen molar-refractivity contribution in [1.82, 2.24) is 10.6 Å². The third-order valence-corrected chi connectivity index (χ3v) is 4.66. The number of ether oxygens (including phenoxy) is 2. The van der Waals surface area contributed by atoms with Gasteiger partial charge in [-0.05, 0) is 46.5 Å². The third kappa shape index (κ3) is 6.12. The Morgan fingerprint density at radius 1 is 0.464 bits per heavy atom. The fourth-order valence-electron chi connectivity index (χ4n) is 2.96. The molecule has 0 spiro atoms. The van der Waals surface area contributed by atoms with Crippen molar-refractivity contribution in [2.24, 2.45) is 0 Å². The van der Waals surface area contributed by atoms with E-state index < -0.39 is 0 Å². The molecule has 0 fully saturated rings. The van der Waals surface area contributed by atoms with Gasteiger partial charge in [-0.2, -0.15) is 0 Å². The molecule has 0 aliphatic rings. The second kappa shape index (κ2) is 10.5. The summed E-state index contributed by atoms with van der Waals surface area (Å²) in [5.41, 5.74) is 5.07. The summed E-state index contributed by atoms with van der Waals surface area (Å²) in [6.45, 7) is 3.39. The first kappa shape index (κ1) is 19.9. The summed E-state index contributed by atoms with van der Waals surface area (Å²) in [5.74, 6) is 1.78. The molecule has 0 bridgehead atoms.